The van der Waals surface area contributed by atoms with Crippen LogP contribution in [0, 0.1) is 0 Å². The van der Waals surface area contributed by atoms with Crippen molar-refractivity contribution in [2.24, 2.45) is 0 Å². The van der Waals surface area contributed by atoms with Crippen LogP contribution in [0.3, 0.4) is 0 Å². The molecule has 0 atom stereocenters. The molecule has 2 N–H and O–H groups in total. The molecule has 2 aromatic rings. The first-order valence-electron chi connectivity index (χ1n) is 5.80. The Kier molecular flexibility index (Phi) is 4.38. The van der Waals surface area contributed by atoms with Crippen LogP contribution in [0.2, 0.25) is 0 Å². The van der Waals surface area contributed by atoms with Gasteiger partial charge in [0.2, 0.25) is 5.88 Å². The van der Waals surface area contributed by atoms with E-state index < -0.39 is 0 Å². The van der Waals surface area contributed by atoms with E-state index in [4.69, 9.17) is 15.0 Å². The molecule has 0 radical (unpaired) electrons. The summed E-state index contributed by atoms with van der Waals surface area (Å²) < 4.78 is 11.4. The predicted molar refractivity (Wildman–Crippen MR) is 74.2 cm³/mol. The summed E-state index contributed by atoms with van der Waals surface area (Å²) in [5, 5.41) is 3.99. The van der Waals surface area contributed by atoms with Gasteiger partial charge in [0.15, 0.2) is 0 Å². The largest absolute Gasteiger partial charge is 0.381 e. The van der Waals surface area contributed by atoms with Crippen LogP contribution in [-0.2, 0) is 11.2 Å². The zero-order valence-corrected chi connectivity index (χ0v) is 11.7. The van der Waals surface area contributed by atoms with E-state index in [0.29, 0.717) is 25.5 Å². The van der Waals surface area contributed by atoms with Crippen molar-refractivity contribution in [2.45, 2.75) is 13.3 Å². The molecular formula is C13H15BrN2O2. The van der Waals surface area contributed by atoms with Gasteiger partial charge in [-0.15, -0.1) is 0 Å². The Hall–Kier alpha value is -1.33. The Morgan fingerprint density at radius 3 is 2.72 bits per heavy atom. The molecule has 1 aromatic heterocycles. The molecule has 96 valence electrons. The van der Waals surface area contributed by atoms with E-state index in [1.165, 1.54) is 0 Å². The van der Waals surface area contributed by atoms with Gasteiger partial charge < -0.3 is 15.0 Å². The van der Waals surface area contributed by atoms with E-state index in [1.54, 1.807) is 0 Å². The SMILES string of the molecule is CCOCCc1noc(N)c1-c1ccc(Br)cc1. The van der Waals surface area contributed by atoms with Gasteiger partial charge in [-0.1, -0.05) is 33.2 Å². The Balaban J connectivity index is 2.25. The Morgan fingerprint density at radius 2 is 2.06 bits per heavy atom. The first kappa shape index (κ1) is 13.1. The average molecular weight is 311 g/mol. The summed E-state index contributed by atoms with van der Waals surface area (Å²) in [6, 6.07) is 7.90. The minimum absolute atomic E-state index is 0.351. The van der Waals surface area contributed by atoms with Gasteiger partial charge in [-0.25, -0.2) is 0 Å². The molecule has 0 aliphatic carbocycles. The number of rotatable bonds is 5. The third-order valence-electron chi connectivity index (χ3n) is 2.61. The molecule has 4 nitrogen and oxygen atoms in total. The van der Waals surface area contributed by atoms with Crippen molar-refractivity contribution >= 4 is 21.8 Å². The molecule has 0 fully saturated rings. The summed E-state index contributed by atoms with van der Waals surface area (Å²) in [5.74, 6) is 0.351. The zero-order valence-electron chi connectivity index (χ0n) is 10.1. The lowest BCUT2D eigenvalue weighted by molar-refractivity contribution is 0.149. The highest BCUT2D eigenvalue weighted by Gasteiger charge is 2.15. The summed E-state index contributed by atoms with van der Waals surface area (Å²) in [7, 11) is 0. The van der Waals surface area contributed by atoms with Crippen molar-refractivity contribution in [2.75, 3.05) is 18.9 Å². The molecule has 0 spiro atoms. The van der Waals surface area contributed by atoms with Gasteiger partial charge >= 0.3 is 0 Å². The van der Waals surface area contributed by atoms with Crippen LogP contribution in [0.15, 0.2) is 33.3 Å². The van der Waals surface area contributed by atoms with Crippen molar-refractivity contribution in [3.05, 3.63) is 34.4 Å². The summed E-state index contributed by atoms with van der Waals surface area (Å²) in [6.07, 6.45) is 0.694. The lowest BCUT2D eigenvalue weighted by Gasteiger charge is -2.03. The smallest absolute Gasteiger partial charge is 0.230 e. The van der Waals surface area contributed by atoms with Gasteiger partial charge in [-0.3, -0.25) is 0 Å². The van der Waals surface area contributed by atoms with Gasteiger partial charge in [-0.2, -0.15) is 0 Å². The van der Waals surface area contributed by atoms with E-state index in [2.05, 4.69) is 21.1 Å². The van der Waals surface area contributed by atoms with Crippen LogP contribution in [0.4, 0.5) is 5.88 Å². The van der Waals surface area contributed by atoms with Gasteiger partial charge in [0.25, 0.3) is 0 Å². The fourth-order valence-electron chi connectivity index (χ4n) is 1.75. The van der Waals surface area contributed by atoms with E-state index in [1.807, 2.05) is 31.2 Å². The number of aromatic nitrogens is 1. The lowest BCUT2D eigenvalue weighted by atomic mass is 10.0. The van der Waals surface area contributed by atoms with Crippen LogP contribution in [0.25, 0.3) is 11.1 Å². The third-order valence-corrected chi connectivity index (χ3v) is 3.14. The summed E-state index contributed by atoms with van der Waals surface area (Å²) in [5.41, 5.74) is 8.54. The van der Waals surface area contributed by atoms with Crippen LogP contribution in [0.5, 0.6) is 0 Å². The molecule has 0 aliphatic rings. The highest BCUT2D eigenvalue weighted by atomic mass is 79.9. The van der Waals surface area contributed by atoms with E-state index in [9.17, 15) is 0 Å². The monoisotopic (exact) mass is 310 g/mol. The standard InChI is InChI=1S/C13H15BrN2O2/c1-2-17-8-7-11-12(13(15)18-16-11)9-3-5-10(14)6-4-9/h3-6H,2,7-8,15H2,1H3. The minimum Gasteiger partial charge on any atom is -0.381 e. The van der Waals surface area contributed by atoms with Gasteiger partial charge in [0.1, 0.15) is 0 Å². The Bertz CT molecular complexity index is 508. The van der Waals surface area contributed by atoms with Gasteiger partial charge in [-0.05, 0) is 24.6 Å². The second kappa shape index (κ2) is 6.02. The number of anilines is 1. The molecule has 0 amide bonds. The third kappa shape index (κ3) is 2.91. The van der Waals surface area contributed by atoms with Crippen molar-refractivity contribution in [3.63, 3.8) is 0 Å². The number of ether oxygens (including phenoxy) is 1. The summed E-state index contributed by atoms with van der Waals surface area (Å²) in [4.78, 5) is 0. The number of nitrogens with zero attached hydrogens (tertiary/aromatic N) is 1. The van der Waals surface area contributed by atoms with Crippen LogP contribution in [-0.4, -0.2) is 18.4 Å². The molecular weight excluding hydrogens is 296 g/mol. The highest BCUT2D eigenvalue weighted by molar-refractivity contribution is 9.10. The molecule has 0 saturated carbocycles. The predicted octanol–water partition coefficient (Wildman–Crippen LogP) is 3.27. The van der Waals surface area contributed by atoms with E-state index in [-0.39, 0.29) is 0 Å². The Morgan fingerprint density at radius 1 is 1.33 bits per heavy atom. The van der Waals surface area contributed by atoms with Gasteiger partial charge in [0, 0.05) is 17.5 Å². The zero-order chi connectivity index (χ0) is 13.0. The van der Waals surface area contributed by atoms with Crippen LogP contribution in [0.1, 0.15) is 12.6 Å². The first-order chi connectivity index (χ1) is 8.72. The fourth-order valence-corrected chi connectivity index (χ4v) is 2.01. The normalized spacial score (nSPS) is 10.8. The van der Waals surface area contributed by atoms with E-state index >= 15 is 0 Å². The number of nitrogen functional groups attached to an aromatic ring is 1. The number of nitrogens with two attached hydrogens (primary N) is 1. The van der Waals surface area contributed by atoms with Crippen molar-refractivity contribution in [3.8, 4) is 11.1 Å². The first-order valence-corrected chi connectivity index (χ1v) is 6.59. The molecule has 1 heterocycles. The maximum atomic E-state index is 5.83. The molecule has 0 aliphatic heterocycles. The number of hydrogen-bond acceptors (Lipinski definition) is 4. The topological polar surface area (TPSA) is 61.3 Å². The lowest BCUT2D eigenvalue weighted by Crippen LogP contribution is -1.99. The molecule has 0 saturated heterocycles. The van der Waals surface area contributed by atoms with Gasteiger partial charge in [0.05, 0.1) is 17.9 Å². The molecule has 1 aromatic carbocycles. The second-order valence-electron chi connectivity index (χ2n) is 3.82. The van der Waals surface area contributed by atoms with Crippen LogP contribution >= 0.6 is 15.9 Å². The number of benzene rings is 1. The number of hydrogen-bond donors (Lipinski definition) is 1. The maximum absolute atomic E-state index is 5.83. The Labute approximate surface area is 114 Å². The summed E-state index contributed by atoms with van der Waals surface area (Å²) in [6.45, 7) is 3.28. The molecule has 18 heavy (non-hydrogen) atoms. The molecule has 0 unspecified atom stereocenters. The average Bonchev–Trinajstić information content (AvgIpc) is 2.72. The molecule has 0 bridgehead atoms. The summed E-state index contributed by atoms with van der Waals surface area (Å²) >= 11 is 3.41. The van der Waals surface area contributed by atoms with Crippen molar-refractivity contribution in [1.82, 2.24) is 5.16 Å². The quantitative estimate of drug-likeness (QED) is 0.861. The highest BCUT2D eigenvalue weighted by Crippen LogP contribution is 2.30. The number of halogens is 1. The minimum atomic E-state index is 0.351. The second-order valence-corrected chi connectivity index (χ2v) is 4.74. The maximum Gasteiger partial charge on any atom is 0.230 e. The van der Waals surface area contributed by atoms with Crippen molar-refractivity contribution < 1.29 is 9.26 Å². The van der Waals surface area contributed by atoms with E-state index in [0.717, 1.165) is 21.3 Å². The van der Waals surface area contributed by atoms with Crippen LogP contribution < -0.4 is 5.73 Å². The molecule has 5 heteroatoms. The fraction of sp³-hybridized carbons (Fsp3) is 0.308. The van der Waals surface area contributed by atoms with Crippen molar-refractivity contribution in [1.29, 1.82) is 0 Å². The molecule has 2 rings (SSSR count).